The van der Waals surface area contributed by atoms with Crippen molar-refractivity contribution in [3.05, 3.63) is 30.2 Å². The van der Waals surface area contributed by atoms with Gasteiger partial charge in [-0.1, -0.05) is 18.5 Å². The van der Waals surface area contributed by atoms with Gasteiger partial charge < -0.3 is 14.4 Å². The summed E-state index contributed by atoms with van der Waals surface area (Å²) in [6.07, 6.45) is 1.33. The van der Waals surface area contributed by atoms with Gasteiger partial charge in [0, 0.05) is 5.56 Å². The van der Waals surface area contributed by atoms with Crippen LogP contribution in [0.5, 0.6) is 5.75 Å². The molecule has 0 bridgehead atoms. The summed E-state index contributed by atoms with van der Waals surface area (Å²) in [5.74, 6) is 0.729. The number of nitrogens with one attached hydrogen (secondary N) is 1. The fourth-order valence-corrected chi connectivity index (χ4v) is 2.12. The lowest BCUT2D eigenvalue weighted by Gasteiger charge is -2.11. The zero-order valence-corrected chi connectivity index (χ0v) is 13.3. The number of hydrogen-bond acceptors (Lipinski definition) is 6. The number of hydrogen-bond donors (Lipinski definition) is 2. The van der Waals surface area contributed by atoms with Crippen molar-refractivity contribution in [2.24, 2.45) is 0 Å². The standard InChI is InChI=1S/C16H21N3O4/c1-3-5-13(16(20)21)17-10-14-18-15(19-23-14)11-6-8-12(9-7-11)22-4-2/h6-9,13,17H,3-5,10H2,1-2H3,(H,20,21). The second kappa shape index (κ2) is 8.28. The van der Waals surface area contributed by atoms with E-state index in [1.165, 1.54) is 0 Å². The van der Waals surface area contributed by atoms with E-state index in [1.54, 1.807) is 0 Å². The molecule has 0 amide bonds. The summed E-state index contributed by atoms with van der Waals surface area (Å²) in [5.41, 5.74) is 0.812. The average molecular weight is 319 g/mol. The Morgan fingerprint density at radius 1 is 1.35 bits per heavy atom. The maximum atomic E-state index is 11.1. The van der Waals surface area contributed by atoms with Crippen molar-refractivity contribution in [1.82, 2.24) is 15.5 Å². The molecule has 124 valence electrons. The molecule has 0 saturated heterocycles. The summed E-state index contributed by atoms with van der Waals surface area (Å²) in [5, 5.41) is 15.9. The number of carboxylic acids is 1. The first kappa shape index (κ1) is 17.0. The largest absolute Gasteiger partial charge is 0.494 e. The molecule has 7 heteroatoms. The molecule has 0 aliphatic heterocycles. The van der Waals surface area contributed by atoms with Gasteiger partial charge in [0.15, 0.2) is 0 Å². The molecule has 1 aromatic heterocycles. The third-order valence-corrected chi connectivity index (χ3v) is 3.27. The first-order chi connectivity index (χ1) is 11.1. The van der Waals surface area contributed by atoms with Crippen LogP contribution in [0.2, 0.25) is 0 Å². The number of nitrogens with zero attached hydrogens (tertiary/aromatic N) is 2. The number of ether oxygens (including phenoxy) is 1. The lowest BCUT2D eigenvalue weighted by atomic mass is 10.2. The van der Waals surface area contributed by atoms with Crippen molar-refractivity contribution in [1.29, 1.82) is 0 Å². The van der Waals surface area contributed by atoms with Crippen LogP contribution in [0, 0.1) is 0 Å². The van der Waals surface area contributed by atoms with Gasteiger partial charge in [-0.15, -0.1) is 0 Å². The van der Waals surface area contributed by atoms with E-state index in [-0.39, 0.29) is 6.54 Å². The average Bonchev–Trinajstić information content (AvgIpc) is 3.01. The molecule has 23 heavy (non-hydrogen) atoms. The number of benzene rings is 1. The molecule has 1 aromatic carbocycles. The van der Waals surface area contributed by atoms with Crippen LogP contribution in [-0.4, -0.2) is 33.9 Å². The highest BCUT2D eigenvalue weighted by molar-refractivity contribution is 5.73. The van der Waals surface area contributed by atoms with Crippen LogP contribution in [0.15, 0.2) is 28.8 Å². The van der Waals surface area contributed by atoms with Crippen molar-refractivity contribution < 1.29 is 19.2 Å². The Hall–Kier alpha value is -2.41. The van der Waals surface area contributed by atoms with Gasteiger partial charge in [-0.2, -0.15) is 4.98 Å². The molecule has 1 heterocycles. The monoisotopic (exact) mass is 319 g/mol. The molecule has 0 aliphatic rings. The van der Waals surface area contributed by atoms with Gasteiger partial charge in [0.05, 0.1) is 13.2 Å². The van der Waals surface area contributed by atoms with Crippen molar-refractivity contribution in [3.8, 4) is 17.1 Å². The Bertz CT molecular complexity index is 625. The maximum Gasteiger partial charge on any atom is 0.320 e. The van der Waals surface area contributed by atoms with E-state index >= 15 is 0 Å². The van der Waals surface area contributed by atoms with Gasteiger partial charge in [0.25, 0.3) is 0 Å². The minimum Gasteiger partial charge on any atom is -0.494 e. The number of aromatic nitrogens is 2. The van der Waals surface area contributed by atoms with Crippen LogP contribution in [0.1, 0.15) is 32.6 Å². The normalized spacial score (nSPS) is 12.1. The van der Waals surface area contributed by atoms with Crippen LogP contribution < -0.4 is 10.1 Å². The topological polar surface area (TPSA) is 97.5 Å². The zero-order chi connectivity index (χ0) is 16.7. The molecule has 7 nitrogen and oxygen atoms in total. The molecule has 2 rings (SSSR count). The van der Waals surface area contributed by atoms with Crippen LogP contribution in [-0.2, 0) is 11.3 Å². The number of carboxylic acid groups (broad SMARTS) is 1. The molecular formula is C16H21N3O4. The number of rotatable bonds is 9. The lowest BCUT2D eigenvalue weighted by molar-refractivity contribution is -0.139. The first-order valence-electron chi connectivity index (χ1n) is 7.66. The molecule has 1 unspecified atom stereocenters. The minimum atomic E-state index is -0.877. The minimum absolute atomic E-state index is 0.223. The van der Waals surface area contributed by atoms with Crippen LogP contribution in [0.4, 0.5) is 0 Å². The molecule has 2 aromatic rings. The van der Waals surface area contributed by atoms with Gasteiger partial charge in [-0.3, -0.25) is 10.1 Å². The first-order valence-corrected chi connectivity index (χ1v) is 7.66. The van der Waals surface area contributed by atoms with Crippen LogP contribution in [0.3, 0.4) is 0 Å². The SMILES string of the molecule is CCCC(NCc1nc(-c2ccc(OCC)cc2)no1)C(=O)O. The summed E-state index contributed by atoms with van der Waals surface area (Å²) in [4.78, 5) is 15.4. The fraction of sp³-hybridized carbons (Fsp3) is 0.438. The Kier molecular flexibility index (Phi) is 6.10. The van der Waals surface area contributed by atoms with Crippen molar-refractivity contribution in [2.45, 2.75) is 39.3 Å². The lowest BCUT2D eigenvalue weighted by Crippen LogP contribution is -2.36. The summed E-state index contributed by atoms with van der Waals surface area (Å²) >= 11 is 0. The molecule has 1 atom stereocenters. The predicted molar refractivity (Wildman–Crippen MR) is 84.1 cm³/mol. The second-order valence-electron chi connectivity index (χ2n) is 5.03. The van der Waals surface area contributed by atoms with E-state index in [2.05, 4.69) is 15.5 Å². The van der Waals surface area contributed by atoms with Crippen LogP contribution in [0.25, 0.3) is 11.4 Å². The van der Waals surface area contributed by atoms with Gasteiger partial charge in [-0.25, -0.2) is 0 Å². The van der Waals surface area contributed by atoms with E-state index in [0.717, 1.165) is 17.7 Å². The van der Waals surface area contributed by atoms with Crippen molar-refractivity contribution >= 4 is 5.97 Å². The summed E-state index contributed by atoms with van der Waals surface area (Å²) in [6, 6.07) is 6.78. The molecule has 0 radical (unpaired) electrons. The van der Waals surface area contributed by atoms with E-state index < -0.39 is 12.0 Å². The maximum absolute atomic E-state index is 11.1. The second-order valence-corrected chi connectivity index (χ2v) is 5.03. The molecule has 0 spiro atoms. The van der Waals surface area contributed by atoms with Gasteiger partial charge in [0.2, 0.25) is 11.7 Å². The quantitative estimate of drug-likeness (QED) is 0.732. The Labute approximate surface area is 134 Å². The van der Waals surface area contributed by atoms with Gasteiger partial charge >= 0.3 is 5.97 Å². The van der Waals surface area contributed by atoms with Crippen LogP contribution >= 0.6 is 0 Å². The molecule has 0 aliphatic carbocycles. The third-order valence-electron chi connectivity index (χ3n) is 3.27. The highest BCUT2D eigenvalue weighted by atomic mass is 16.5. The highest BCUT2D eigenvalue weighted by Crippen LogP contribution is 2.20. The van der Waals surface area contributed by atoms with Gasteiger partial charge in [-0.05, 0) is 37.6 Å². The Morgan fingerprint density at radius 2 is 2.09 bits per heavy atom. The summed E-state index contributed by atoms with van der Waals surface area (Å²) in [7, 11) is 0. The van der Waals surface area contributed by atoms with E-state index in [0.29, 0.717) is 24.7 Å². The van der Waals surface area contributed by atoms with Crippen molar-refractivity contribution in [3.63, 3.8) is 0 Å². The Morgan fingerprint density at radius 3 is 2.70 bits per heavy atom. The molecule has 2 N–H and O–H groups in total. The van der Waals surface area contributed by atoms with E-state index in [9.17, 15) is 4.79 Å². The molecule has 0 saturated carbocycles. The molecule has 0 fully saturated rings. The highest BCUT2D eigenvalue weighted by Gasteiger charge is 2.17. The van der Waals surface area contributed by atoms with E-state index in [4.69, 9.17) is 14.4 Å². The van der Waals surface area contributed by atoms with E-state index in [1.807, 2.05) is 38.1 Å². The molecular weight excluding hydrogens is 298 g/mol. The zero-order valence-electron chi connectivity index (χ0n) is 13.3. The summed E-state index contributed by atoms with van der Waals surface area (Å²) in [6.45, 7) is 4.70. The third kappa shape index (κ3) is 4.79. The number of carbonyl (C=O) groups is 1. The summed E-state index contributed by atoms with van der Waals surface area (Å²) < 4.78 is 10.5. The predicted octanol–water partition coefficient (Wildman–Crippen LogP) is 2.48. The van der Waals surface area contributed by atoms with Crippen molar-refractivity contribution in [2.75, 3.05) is 6.61 Å². The fourth-order valence-electron chi connectivity index (χ4n) is 2.12. The van der Waals surface area contributed by atoms with Gasteiger partial charge in [0.1, 0.15) is 11.8 Å². The number of aliphatic carboxylic acids is 1. The smallest absolute Gasteiger partial charge is 0.320 e. The Balaban J connectivity index is 1.98.